The fourth-order valence-electron chi connectivity index (χ4n) is 1.22. The monoisotopic (exact) mass is 410 g/mol. The van der Waals surface area contributed by atoms with Crippen molar-refractivity contribution >= 4 is 47.6 Å². The molecule has 0 rings (SSSR count). The van der Waals surface area contributed by atoms with E-state index < -0.39 is 60.8 Å². The second-order valence-electron chi connectivity index (χ2n) is 4.74. The van der Waals surface area contributed by atoms with Gasteiger partial charge in [-0.25, -0.2) is 0 Å². The number of aliphatic hydroxyl groups excluding tert-OH is 8. The maximum Gasteiger partial charge on any atom is 2.00 e. The predicted octanol–water partition coefficient (Wildman–Crippen LogP) is -9.62. The van der Waals surface area contributed by atoms with Crippen LogP contribution >= 0.6 is 0 Å². The molecule has 0 aliphatic rings. The first-order chi connectivity index (χ1) is 11.8. The number of aldehydes is 2. The number of hydrogen-bond donors (Lipinski definition) is 8. The van der Waals surface area contributed by atoms with Crippen LogP contribution < -0.4 is 10.2 Å². The van der Waals surface area contributed by atoms with Gasteiger partial charge in [0, 0.05) is 0 Å². The van der Waals surface area contributed by atoms with E-state index in [-0.39, 0.29) is 35.6 Å². The summed E-state index contributed by atoms with van der Waals surface area (Å²) >= 11 is 0. The van der Waals surface area contributed by atoms with Crippen LogP contribution in [0.4, 0.5) is 0 Å². The number of hydrogen-bond acceptors (Lipinski definition) is 14. The maximum absolute atomic E-state index is 9.95. The van der Waals surface area contributed by atoms with Crippen LogP contribution in [0.1, 0.15) is 0 Å². The summed E-state index contributed by atoms with van der Waals surface area (Å²) < 4.78 is 0. The number of aliphatic hydroxyl groups is 8. The molecule has 14 nitrogen and oxygen atoms in total. The van der Waals surface area contributed by atoms with Gasteiger partial charge in [0.2, 0.25) is 0 Å². The predicted molar refractivity (Wildman–Crippen MR) is 76.0 cm³/mol. The van der Waals surface area contributed by atoms with Crippen LogP contribution in [-0.4, -0.2) is 137 Å². The molecule has 27 heavy (non-hydrogen) atoms. The molecule has 0 spiro atoms. The molecule has 8 atom stereocenters. The van der Waals surface area contributed by atoms with Gasteiger partial charge >= 0.3 is 23.1 Å². The molecule has 0 aliphatic carbocycles. The Morgan fingerprint density at radius 3 is 0.963 bits per heavy atom. The number of carbonyl (C=O) groups is 4. The topological polar surface area (TPSA) is 276 Å². The van der Waals surface area contributed by atoms with E-state index >= 15 is 0 Å². The number of rotatable bonds is 10. The minimum absolute atomic E-state index is 0. The smallest absolute Gasteiger partial charge is 0.547 e. The van der Waals surface area contributed by atoms with E-state index in [0.29, 0.717) is 0 Å². The number of carbonyl (C=O) groups excluding carboxylic acids is 4. The molecule has 0 aromatic rings. The van der Waals surface area contributed by atoms with E-state index in [2.05, 4.69) is 0 Å². The fraction of sp³-hybridized carbons (Fsp3) is 0.667. The van der Waals surface area contributed by atoms with E-state index in [1.165, 1.54) is 0 Å². The molecule has 0 unspecified atom stereocenters. The van der Waals surface area contributed by atoms with Gasteiger partial charge in [0.15, 0.2) is 12.6 Å². The molecule has 0 fully saturated rings. The van der Waals surface area contributed by atoms with Crippen molar-refractivity contribution in [2.24, 2.45) is 0 Å². The number of carboxylic acids is 2. The average Bonchev–Trinajstić information content (AvgIpc) is 2.62. The van der Waals surface area contributed by atoms with Gasteiger partial charge in [0.1, 0.15) is 48.8 Å². The standard InChI is InChI=1S/2C6H10O7.Mg/c2*7-1-2(8)3(9)4(10)5(11)6(12)13;/h2*1-5,8-11H,(H,12,13);/q;;+2/p-2/t2*2-,3+,4-,5-;/m00./s1. The van der Waals surface area contributed by atoms with Gasteiger partial charge < -0.3 is 70.2 Å². The second kappa shape index (κ2) is 14.7. The Morgan fingerprint density at radius 2 is 0.815 bits per heavy atom. The molecule has 0 radical (unpaired) electrons. The Kier molecular flexibility index (Phi) is 16.6. The zero-order chi connectivity index (χ0) is 21.2. The minimum atomic E-state index is -2.36. The molecule has 8 N–H and O–H groups in total. The molecule has 0 aliphatic heterocycles. The summed E-state index contributed by atoms with van der Waals surface area (Å²) in [7, 11) is 0. The molecule has 15 heteroatoms. The average molecular weight is 411 g/mol. The molecular formula is C12H18MgO14. The Morgan fingerprint density at radius 1 is 0.593 bits per heavy atom. The maximum atomic E-state index is 9.95. The van der Waals surface area contributed by atoms with Crippen molar-refractivity contribution in [1.82, 2.24) is 0 Å². The van der Waals surface area contributed by atoms with Crippen molar-refractivity contribution in [1.29, 1.82) is 0 Å². The minimum Gasteiger partial charge on any atom is -0.547 e. The van der Waals surface area contributed by atoms with Crippen LogP contribution in [0, 0.1) is 0 Å². The van der Waals surface area contributed by atoms with Crippen molar-refractivity contribution in [3.05, 3.63) is 0 Å². The van der Waals surface area contributed by atoms with Crippen LogP contribution in [-0.2, 0) is 19.2 Å². The Bertz CT molecular complexity index is 431. The Labute approximate surface area is 167 Å². The summed E-state index contributed by atoms with van der Waals surface area (Å²) in [4.78, 5) is 39.7. The van der Waals surface area contributed by atoms with Gasteiger partial charge in [-0.05, 0) is 0 Å². The van der Waals surface area contributed by atoms with E-state index in [0.717, 1.165) is 0 Å². The third-order valence-corrected chi connectivity index (χ3v) is 2.81. The summed E-state index contributed by atoms with van der Waals surface area (Å²) in [6.07, 6.45) is -17.3. The van der Waals surface area contributed by atoms with Crippen molar-refractivity contribution in [2.45, 2.75) is 48.8 Å². The molecule has 0 aromatic heterocycles. The Balaban J connectivity index is -0.000000411. The third kappa shape index (κ3) is 10.6. The molecule has 0 heterocycles. The van der Waals surface area contributed by atoms with Crippen molar-refractivity contribution in [2.75, 3.05) is 0 Å². The number of aliphatic carboxylic acids is 2. The van der Waals surface area contributed by atoms with Crippen LogP contribution in [0.25, 0.3) is 0 Å². The van der Waals surface area contributed by atoms with Gasteiger partial charge in [-0.3, -0.25) is 0 Å². The van der Waals surface area contributed by atoms with Gasteiger partial charge in [0.25, 0.3) is 0 Å². The fourth-order valence-corrected chi connectivity index (χ4v) is 1.22. The van der Waals surface area contributed by atoms with Crippen molar-refractivity contribution in [3.63, 3.8) is 0 Å². The first-order valence-corrected chi connectivity index (χ1v) is 6.60. The largest absolute Gasteiger partial charge is 2.00 e. The third-order valence-electron chi connectivity index (χ3n) is 2.81. The van der Waals surface area contributed by atoms with Gasteiger partial charge in [-0.1, -0.05) is 0 Å². The Hall–Kier alpha value is -1.27. The summed E-state index contributed by atoms with van der Waals surface area (Å²) in [5.74, 6) is -4.02. The molecule has 0 saturated heterocycles. The normalized spacial score (nSPS) is 19.3. The van der Waals surface area contributed by atoms with Gasteiger partial charge in [-0.2, -0.15) is 0 Å². The summed E-state index contributed by atoms with van der Waals surface area (Å²) in [5, 5.41) is 89.7. The summed E-state index contributed by atoms with van der Waals surface area (Å²) in [6.45, 7) is 0. The van der Waals surface area contributed by atoms with E-state index in [1.54, 1.807) is 0 Å². The second-order valence-corrected chi connectivity index (χ2v) is 4.74. The SMILES string of the molecule is O=C[C@H](O)[C@@H](O)[C@H](O)[C@H](O)C(=O)[O-].O=C[C@H](O)[C@@H](O)[C@H](O)[C@H](O)C(=O)[O-].[Mg+2]. The van der Waals surface area contributed by atoms with Crippen molar-refractivity contribution in [3.8, 4) is 0 Å². The van der Waals surface area contributed by atoms with Crippen LogP contribution in [0.3, 0.4) is 0 Å². The zero-order valence-corrected chi connectivity index (χ0v) is 14.9. The zero-order valence-electron chi connectivity index (χ0n) is 13.5. The summed E-state index contributed by atoms with van der Waals surface area (Å²) in [6, 6.07) is 0. The molecule has 0 amide bonds. The molecule has 152 valence electrons. The first-order valence-electron chi connectivity index (χ1n) is 6.60. The number of carboxylic acid groups (broad SMARTS) is 2. The summed E-state index contributed by atoms with van der Waals surface area (Å²) in [5.41, 5.74) is 0. The van der Waals surface area contributed by atoms with Crippen LogP contribution in [0.15, 0.2) is 0 Å². The molecule has 0 aromatic carbocycles. The van der Waals surface area contributed by atoms with Crippen LogP contribution in [0.2, 0.25) is 0 Å². The molecular weight excluding hydrogens is 392 g/mol. The van der Waals surface area contributed by atoms with E-state index in [4.69, 9.17) is 40.9 Å². The van der Waals surface area contributed by atoms with E-state index in [9.17, 15) is 29.4 Å². The van der Waals surface area contributed by atoms with Crippen LogP contribution in [0.5, 0.6) is 0 Å². The first kappa shape index (κ1) is 30.5. The van der Waals surface area contributed by atoms with Gasteiger partial charge in [-0.15, -0.1) is 0 Å². The molecule has 0 bridgehead atoms. The van der Waals surface area contributed by atoms with Gasteiger partial charge in [0.05, 0.1) is 11.9 Å². The molecule has 0 saturated carbocycles. The quantitative estimate of drug-likeness (QED) is 0.123. The van der Waals surface area contributed by atoms with E-state index in [1.807, 2.05) is 0 Å². The van der Waals surface area contributed by atoms with Crippen molar-refractivity contribution < 1.29 is 70.2 Å².